The van der Waals surface area contributed by atoms with E-state index in [1.165, 1.54) is 35.6 Å². The van der Waals surface area contributed by atoms with E-state index in [1.807, 2.05) is 0 Å². The molecule has 0 bridgehead atoms. The van der Waals surface area contributed by atoms with Gasteiger partial charge in [-0.3, -0.25) is 0 Å². The molecule has 1 aromatic carbocycles. The van der Waals surface area contributed by atoms with E-state index in [2.05, 4.69) is 0 Å². The molecule has 13 heteroatoms. The molecule has 0 saturated carbocycles. The molecule has 0 radical (unpaired) electrons. The SMILES string of the molecule is CCc1cc(I)c(CC(Cl)(Cl)Cl)c(C(F)(C(F)(F)F)C(F)(F)C(F)(F)F)c1. The van der Waals surface area contributed by atoms with Crippen LogP contribution in [0.2, 0.25) is 0 Å². The van der Waals surface area contributed by atoms with Crippen LogP contribution < -0.4 is 0 Å². The second kappa shape index (κ2) is 7.79. The van der Waals surface area contributed by atoms with Gasteiger partial charge in [-0.1, -0.05) is 47.8 Å². The summed E-state index contributed by atoms with van der Waals surface area (Å²) in [6, 6.07) is 1.47. The summed E-state index contributed by atoms with van der Waals surface area (Å²) in [6.45, 7) is 1.39. The van der Waals surface area contributed by atoms with Crippen molar-refractivity contribution in [3.8, 4) is 0 Å². The quantitative estimate of drug-likeness (QED) is 0.194. The Kier molecular flexibility index (Phi) is 7.28. The van der Waals surface area contributed by atoms with Crippen LogP contribution in [0.3, 0.4) is 0 Å². The van der Waals surface area contributed by atoms with E-state index < -0.39 is 45.3 Å². The van der Waals surface area contributed by atoms with Gasteiger partial charge in [-0.25, -0.2) is 4.39 Å². The van der Waals surface area contributed by atoms with Crippen molar-refractivity contribution in [2.45, 2.75) is 47.5 Å². The largest absolute Gasteiger partial charge is 0.457 e. The minimum atomic E-state index is -6.83. The number of aryl methyl sites for hydroxylation is 1. The maximum absolute atomic E-state index is 14.9. The van der Waals surface area contributed by atoms with Gasteiger partial charge in [0.25, 0.3) is 0 Å². The van der Waals surface area contributed by atoms with E-state index in [1.54, 1.807) is 0 Å². The fourth-order valence-electron chi connectivity index (χ4n) is 2.28. The minimum absolute atomic E-state index is 0.0669. The van der Waals surface area contributed by atoms with Gasteiger partial charge in [0, 0.05) is 15.6 Å². The standard InChI is InChI=1S/C14H9Cl3F9I/c1-2-6-3-8(7(9(27)4-6)5-10(15,16)17)11(18,13(21,22)23)12(19,20)14(24,25)26/h3-4H,2,5H2,1H3. The molecular weight excluding hydrogens is 572 g/mol. The van der Waals surface area contributed by atoms with E-state index in [-0.39, 0.29) is 15.6 Å². The summed E-state index contributed by atoms with van der Waals surface area (Å²) < 4.78 is 118. The molecule has 0 saturated heterocycles. The fourth-order valence-corrected chi connectivity index (χ4v) is 3.56. The molecule has 27 heavy (non-hydrogen) atoms. The van der Waals surface area contributed by atoms with E-state index in [0.29, 0.717) is 6.07 Å². The zero-order chi connectivity index (χ0) is 21.6. The summed E-state index contributed by atoms with van der Waals surface area (Å²) in [6.07, 6.45) is -14.5. The summed E-state index contributed by atoms with van der Waals surface area (Å²) in [7, 11) is 0. The second-order valence-electron chi connectivity index (χ2n) is 5.48. The van der Waals surface area contributed by atoms with Crippen LogP contribution in [0.25, 0.3) is 0 Å². The van der Waals surface area contributed by atoms with Gasteiger partial charge in [0.05, 0.1) is 0 Å². The summed E-state index contributed by atoms with van der Waals surface area (Å²) in [5, 5.41) is 0. The van der Waals surface area contributed by atoms with E-state index in [4.69, 9.17) is 34.8 Å². The Morgan fingerprint density at radius 2 is 1.33 bits per heavy atom. The Labute approximate surface area is 176 Å². The van der Waals surface area contributed by atoms with Crippen molar-refractivity contribution < 1.29 is 39.5 Å². The number of alkyl halides is 12. The normalized spacial score (nSPS) is 16.4. The number of rotatable bonds is 4. The van der Waals surface area contributed by atoms with Gasteiger partial charge in [0.15, 0.2) is 3.79 Å². The van der Waals surface area contributed by atoms with Crippen molar-refractivity contribution in [1.82, 2.24) is 0 Å². The molecule has 1 atom stereocenters. The van der Waals surface area contributed by atoms with Crippen molar-refractivity contribution in [3.05, 3.63) is 32.4 Å². The Morgan fingerprint density at radius 1 is 0.852 bits per heavy atom. The van der Waals surface area contributed by atoms with E-state index in [0.717, 1.165) is 0 Å². The summed E-state index contributed by atoms with van der Waals surface area (Å²) in [5.74, 6) is -6.80. The van der Waals surface area contributed by atoms with Crippen LogP contribution in [0.15, 0.2) is 12.1 Å². The Hall–Kier alpha value is 0.190. The molecule has 0 aliphatic rings. The molecule has 1 rings (SSSR count). The molecule has 0 spiro atoms. The summed E-state index contributed by atoms with van der Waals surface area (Å²) in [5.41, 5.74) is -9.04. The van der Waals surface area contributed by atoms with Crippen LogP contribution in [-0.2, 0) is 18.5 Å². The number of hydrogen-bond acceptors (Lipinski definition) is 0. The van der Waals surface area contributed by atoms with Gasteiger partial charge in [-0.15, -0.1) is 0 Å². The predicted molar refractivity (Wildman–Crippen MR) is 92.4 cm³/mol. The minimum Gasteiger partial charge on any atom is -0.221 e. The number of hydrogen-bond donors (Lipinski definition) is 0. The van der Waals surface area contributed by atoms with E-state index in [9.17, 15) is 39.5 Å². The molecule has 0 amide bonds. The number of halogens is 13. The first-order valence-electron chi connectivity index (χ1n) is 6.88. The molecule has 1 aromatic rings. The van der Waals surface area contributed by atoms with Crippen LogP contribution in [0, 0.1) is 3.57 Å². The highest BCUT2D eigenvalue weighted by molar-refractivity contribution is 14.1. The first-order chi connectivity index (χ1) is 11.8. The van der Waals surface area contributed by atoms with Gasteiger partial charge in [0.2, 0.25) is 0 Å². The zero-order valence-corrected chi connectivity index (χ0v) is 17.4. The monoisotopic (exact) mass is 580 g/mol. The molecular formula is C14H9Cl3F9I. The van der Waals surface area contributed by atoms with Crippen molar-refractivity contribution in [1.29, 1.82) is 0 Å². The molecule has 1 unspecified atom stereocenters. The maximum Gasteiger partial charge on any atom is 0.457 e. The van der Waals surface area contributed by atoms with Crippen molar-refractivity contribution in [3.63, 3.8) is 0 Å². The lowest BCUT2D eigenvalue weighted by Gasteiger charge is -2.38. The molecule has 0 aliphatic heterocycles. The van der Waals surface area contributed by atoms with Gasteiger partial charge in [-0.05, 0) is 46.2 Å². The first-order valence-corrected chi connectivity index (χ1v) is 9.09. The van der Waals surface area contributed by atoms with Crippen LogP contribution in [0.4, 0.5) is 39.5 Å². The van der Waals surface area contributed by atoms with Crippen molar-refractivity contribution in [2.75, 3.05) is 0 Å². The van der Waals surface area contributed by atoms with Crippen LogP contribution >= 0.6 is 57.4 Å². The Bertz CT molecular complexity index is 695. The summed E-state index contributed by atoms with van der Waals surface area (Å²) in [4.78, 5) is 0. The smallest absolute Gasteiger partial charge is 0.221 e. The van der Waals surface area contributed by atoms with Crippen molar-refractivity contribution in [2.24, 2.45) is 0 Å². The van der Waals surface area contributed by atoms with Gasteiger partial charge in [-0.2, -0.15) is 35.1 Å². The van der Waals surface area contributed by atoms with Crippen LogP contribution in [-0.4, -0.2) is 22.1 Å². The highest BCUT2D eigenvalue weighted by Crippen LogP contribution is 2.59. The predicted octanol–water partition coefficient (Wildman–Crippen LogP) is 7.69. The third kappa shape index (κ3) is 4.85. The highest BCUT2D eigenvalue weighted by atomic mass is 127. The molecule has 0 aromatic heterocycles. The molecule has 0 heterocycles. The van der Waals surface area contributed by atoms with E-state index >= 15 is 0 Å². The lowest BCUT2D eigenvalue weighted by atomic mass is 9.82. The third-order valence-electron chi connectivity index (χ3n) is 3.59. The highest BCUT2D eigenvalue weighted by Gasteiger charge is 2.82. The Balaban J connectivity index is 4.01. The lowest BCUT2D eigenvalue weighted by molar-refractivity contribution is -0.389. The van der Waals surface area contributed by atoms with Gasteiger partial charge < -0.3 is 0 Å². The first kappa shape index (κ1) is 25.2. The molecule has 0 aliphatic carbocycles. The second-order valence-corrected chi connectivity index (χ2v) is 9.16. The zero-order valence-electron chi connectivity index (χ0n) is 13.0. The van der Waals surface area contributed by atoms with Gasteiger partial charge >= 0.3 is 23.9 Å². The number of benzene rings is 1. The fraction of sp³-hybridized carbons (Fsp3) is 0.571. The van der Waals surface area contributed by atoms with Gasteiger partial charge in [0.1, 0.15) is 0 Å². The third-order valence-corrected chi connectivity index (χ3v) is 4.95. The average molecular weight is 581 g/mol. The molecule has 0 fully saturated rings. The topological polar surface area (TPSA) is 0 Å². The van der Waals surface area contributed by atoms with Crippen LogP contribution in [0.1, 0.15) is 23.6 Å². The van der Waals surface area contributed by atoms with Crippen molar-refractivity contribution >= 4 is 57.4 Å². The lowest BCUT2D eigenvalue weighted by Crippen LogP contribution is -2.60. The molecule has 0 N–H and O–H groups in total. The Morgan fingerprint density at radius 3 is 1.67 bits per heavy atom. The summed E-state index contributed by atoms with van der Waals surface area (Å²) >= 11 is 17.8. The average Bonchev–Trinajstić information content (AvgIpc) is 2.44. The molecule has 156 valence electrons. The molecule has 0 nitrogen and oxygen atoms in total. The van der Waals surface area contributed by atoms with Crippen LogP contribution in [0.5, 0.6) is 0 Å². The maximum atomic E-state index is 14.9.